The smallest absolute Gasteiger partial charge is 0.342 e. The van der Waals surface area contributed by atoms with E-state index in [0.29, 0.717) is 19.4 Å². The molecule has 2 aliphatic carbocycles. The van der Waals surface area contributed by atoms with Gasteiger partial charge in [-0.2, -0.15) is 13.2 Å². The van der Waals surface area contributed by atoms with Crippen LogP contribution in [0.25, 0.3) is 0 Å². The van der Waals surface area contributed by atoms with Crippen molar-refractivity contribution in [3.63, 3.8) is 0 Å². The maximum absolute atomic E-state index is 13.2. The third-order valence-corrected chi connectivity index (χ3v) is 5.35. The van der Waals surface area contributed by atoms with Crippen LogP contribution in [0.1, 0.15) is 38.5 Å². The Balaban J connectivity index is 1.71. The van der Waals surface area contributed by atoms with E-state index in [0.717, 1.165) is 19.3 Å². The summed E-state index contributed by atoms with van der Waals surface area (Å²) in [6, 6.07) is 0. The summed E-state index contributed by atoms with van der Waals surface area (Å²) in [6.45, 7) is 0.577. The van der Waals surface area contributed by atoms with Crippen molar-refractivity contribution in [3.05, 3.63) is 12.2 Å². The summed E-state index contributed by atoms with van der Waals surface area (Å²) in [5.74, 6) is -1.19. The molecule has 0 unspecified atom stereocenters. The molecule has 1 saturated carbocycles. The molecule has 3 aliphatic rings. The molecule has 3 rings (SSSR count). The van der Waals surface area contributed by atoms with Gasteiger partial charge in [0, 0.05) is 19.0 Å². The van der Waals surface area contributed by atoms with Gasteiger partial charge < -0.3 is 4.90 Å². The first-order valence-corrected chi connectivity index (χ1v) is 7.43. The van der Waals surface area contributed by atoms with E-state index in [1.165, 1.54) is 0 Å². The average molecular weight is 287 g/mol. The van der Waals surface area contributed by atoms with Gasteiger partial charge in [0.2, 0.25) is 5.91 Å². The van der Waals surface area contributed by atoms with E-state index >= 15 is 0 Å². The van der Waals surface area contributed by atoms with E-state index in [1.54, 1.807) is 4.90 Å². The fraction of sp³-hybridized carbons (Fsp3) is 0.800. The van der Waals surface area contributed by atoms with E-state index < -0.39 is 17.5 Å². The Bertz CT molecular complexity index is 417. The Hall–Kier alpha value is -1.00. The zero-order chi connectivity index (χ0) is 14.4. The molecule has 2 nitrogen and oxygen atoms in total. The van der Waals surface area contributed by atoms with Gasteiger partial charge in [-0.25, -0.2) is 0 Å². The van der Waals surface area contributed by atoms with Gasteiger partial charge in [-0.1, -0.05) is 18.6 Å². The molecule has 1 saturated heterocycles. The van der Waals surface area contributed by atoms with Crippen molar-refractivity contribution in [1.29, 1.82) is 0 Å². The van der Waals surface area contributed by atoms with E-state index in [4.69, 9.17) is 0 Å². The van der Waals surface area contributed by atoms with Crippen molar-refractivity contribution in [1.82, 2.24) is 4.90 Å². The number of carbonyl (C=O) groups is 1. The molecule has 1 heterocycles. The lowest BCUT2D eigenvalue weighted by Crippen LogP contribution is -2.58. The van der Waals surface area contributed by atoms with Crippen LogP contribution in [0.2, 0.25) is 0 Å². The molecule has 0 bridgehead atoms. The Morgan fingerprint density at radius 2 is 1.85 bits per heavy atom. The number of hydrogen-bond acceptors (Lipinski definition) is 1. The van der Waals surface area contributed by atoms with Gasteiger partial charge in [0.25, 0.3) is 0 Å². The van der Waals surface area contributed by atoms with Gasteiger partial charge in [-0.15, -0.1) is 0 Å². The molecule has 0 radical (unpaired) electrons. The first kappa shape index (κ1) is 14.0. The largest absolute Gasteiger partial charge is 0.392 e. The van der Waals surface area contributed by atoms with Crippen LogP contribution in [0.4, 0.5) is 13.2 Å². The minimum atomic E-state index is -4.12. The van der Waals surface area contributed by atoms with Crippen LogP contribution in [-0.4, -0.2) is 30.1 Å². The van der Waals surface area contributed by atoms with Crippen molar-refractivity contribution >= 4 is 5.91 Å². The monoisotopic (exact) mass is 287 g/mol. The molecule has 20 heavy (non-hydrogen) atoms. The summed E-state index contributed by atoms with van der Waals surface area (Å²) in [7, 11) is 0. The van der Waals surface area contributed by atoms with Crippen LogP contribution < -0.4 is 0 Å². The summed E-state index contributed by atoms with van der Waals surface area (Å²) < 4.78 is 39.5. The Morgan fingerprint density at radius 3 is 2.35 bits per heavy atom. The first-order valence-electron chi connectivity index (χ1n) is 7.43. The summed E-state index contributed by atoms with van der Waals surface area (Å²) in [5, 5.41) is 0. The molecule has 1 aliphatic heterocycles. The number of carbonyl (C=O) groups excluding carboxylic acids is 1. The standard InChI is InChI=1S/C15H20F3NO/c16-15(17,18)12-6-9-19(10-14(12)7-3-8-14)13(20)11-4-1-2-5-11/h1-2,11-12H,3-10H2/t12-/m0/s1. The lowest BCUT2D eigenvalue weighted by atomic mass is 9.58. The van der Waals surface area contributed by atoms with Gasteiger partial charge in [0.05, 0.1) is 5.92 Å². The number of likely N-dealkylation sites (tertiary alicyclic amines) is 1. The third kappa shape index (κ3) is 2.25. The minimum absolute atomic E-state index is 0.0328. The molecule has 1 spiro atoms. The fourth-order valence-corrected chi connectivity index (χ4v) is 4.07. The van der Waals surface area contributed by atoms with Crippen molar-refractivity contribution in [2.75, 3.05) is 13.1 Å². The number of amides is 1. The Kier molecular flexibility index (Phi) is 3.33. The third-order valence-electron chi connectivity index (χ3n) is 5.35. The normalized spacial score (nSPS) is 29.8. The van der Waals surface area contributed by atoms with E-state index in [-0.39, 0.29) is 24.8 Å². The second kappa shape index (κ2) is 4.78. The van der Waals surface area contributed by atoms with Crippen LogP contribution in [0, 0.1) is 17.3 Å². The topological polar surface area (TPSA) is 20.3 Å². The maximum Gasteiger partial charge on any atom is 0.392 e. The first-order chi connectivity index (χ1) is 9.42. The van der Waals surface area contributed by atoms with Gasteiger partial charge >= 0.3 is 6.18 Å². The number of rotatable bonds is 1. The van der Waals surface area contributed by atoms with Gasteiger partial charge in [-0.05, 0) is 37.5 Å². The highest BCUT2D eigenvalue weighted by Gasteiger charge is 2.58. The highest BCUT2D eigenvalue weighted by Crippen LogP contribution is 2.56. The number of nitrogens with zero attached hydrogens (tertiary/aromatic N) is 1. The molecular formula is C15H20F3NO. The molecule has 1 atom stereocenters. The maximum atomic E-state index is 13.2. The van der Waals surface area contributed by atoms with Gasteiger partial charge in [-0.3, -0.25) is 4.79 Å². The summed E-state index contributed by atoms with van der Waals surface area (Å²) >= 11 is 0. The predicted octanol–water partition coefficient (Wildman–Crippen LogP) is 3.53. The predicted molar refractivity (Wildman–Crippen MR) is 68.9 cm³/mol. The number of hydrogen-bond donors (Lipinski definition) is 0. The quantitative estimate of drug-likeness (QED) is 0.676. The van der Waals surface area contributed by atoms with Crippen molar-refractivity contribution in [2.45, 2.75) is 44.7 Å². The zero-order valence-electron chi connectivity index (χ0n) is 11.5. The number of alkyl halides is 3. The zero-order valence-corrected chi connectivity index (χ0v) is 11.5. The van der Waals surface area contributed by atoms with E-state index in [1.807, 2.05) is 12.2 Å². The van der Waals surface area contributed by atoms with Gasteiger partial charge in [0.1, 0.15) is 0 Å². The molecule has 0 N–H and O–H groups in total. The molecule has 0 aromatic rings. The molecule has 1 amide bonds. The minimum Gasteiger partial charge on any atom is -0.342 e. The molecule has 5 heteroatoms. The van der Waals surface area contributed by atoms with Crippen LogP contribution >= 0.6 is 0 Å². The van der Waals surface area contributed by atoms with Crippen LogP contribution in [-0.2, 0) is 4.79 Å². The van der Waals surface area contributed by atoms with Crippen molar-refractivity contribution < 1.29 is 18.0 Å². The van der Waals surface area contributed by atoms with Crippen molar-refractivity contribution in [2.24, 2.45) is 17.3 Å². The fourth-order valence-electron chi connectivity index (χ4n) is 4.07. The van der Waals surface area contributed by atoms with E-state index in [2.05, 4.69) is 0 Å². The lowest BCUT2D eigenvalue weighted by Gasteiger charge is -2.54. The number of halogens is 3. The number of allylic oxidation sites excluding steroid dienone is 2. The van der Waals surface area contributed by atoms with Crippen LogP contribution in [0.5, 0.6) is 0 Å². The van der Waals surface area contributed by atoms with Crippen LogP contribution in [0.15, 0.2) is 12.2 Å². The highest BCUT2D eigenvalue weighted by molar-refractivity contribution is 5.79. The SMILES string of the molecule is O=C(C1CC=CC1)N1CC[C@H](C(F)(F)F)C2(CCC2)C1. The second-order valence-corrected chi connectivity index (χ2v) is 6.50. The number of piperidine rings is 1. The molecular weight excluding hydrogens is 267 g/mol. The summed E-state index contributed by atoms with van der Waals surface area (Å²) in [6.07, 6.45) is 3.51. The Morgan fingerprint density at radius 1 is 1.20 bits per heavy atom. The average Bonchev–Trinajstić information content (AvgIpc) is 2.88. The highest BCUT2D eigenvalue weighted by atomic mass is 19.4. The lowest BCUT2D eigenvalue weighted by molar-refractivity contribution is -0.237. The van der Waals surface area contributed by atoms with Crippen molar-refractivity contribution in [3.8, 4) is 0 Å². The molecule has 0 aromatic heterocycles. The molecule has 2 fully saturated rings. The second-order valence-electron chi connectivity index (χ2n) is 6.50. The summed E-state index contributed by atoms with van der Waals surface area (Å²) in [4.78, 5) is 14.1. The molecule has 0 aromatic carbocycles. The van der Waals surface area contributed by atoms with Crippen LogP contribution in [0.3, 0.4) is 0 Å². The summed E-state index contributed by atoms with van der Waals surface area (Å²) in [5.41, 5.74) is -0.682. The Labute approximate surface area is 117 Å². The molecule has 112 valence electrons. The van der Waals surface area contributed by atoms with E-state index in [9.17, 15) is 18.0 Å². The van der Waals surface area contributed by atoms with Gasteiger partial charge in [0.15, 0.2) is 0 Å².